The van der Waals surface area contributed by atoms with Gasteiger partial charge in [-0.1, -0.05) is 15.9 Å². The van der Waals surface area contributed by atoms with Crippen molar-refractivity contribution in [3.05, 3.63) is 24.3 Å². The highest BCUT2D eigenvalue weighted by atomic mass is 35.5. The van der Waals surface area contributed by atoms with Crippen molar-refractivity contribution in [2.45, 2.75) is 6.92 Å². The molecule has 1 aliphatic rings. The Morgan fingerprint density at radius 1 is 1.50 bits per heavy atom. The number of halogens is 1. The van der Waals surface area contributed by atoms with Crippen molar-refractivity contribution < 1.29 is 9.32 Å². The fourth-order valence-electron chi connectivity index (χ4n) is 1.50. The molecule has 0 aliphatic carbocycles. The Kier molecular flexibility index (Phi) is 2.26. The zero-order valence-electron chi connectivity index (χ0n) is 7.90. The Labute approximate surface area is 88.8 Å². The van der Waals surface area contributed by atoms with E-state index in [-0.39, 0.29) is 9.68 Å². The van der Waals surface area contributed by atoms with Crippen LogP contribution in [0.15, 0.2) is 24.3 Å². The third-order valence-corrected chi connectivity index (χ3v) is 5.01. The van der Waals surface area contributed by atoms with Crippen molar-refractivity contribution in [2.24, 2.45) is 0 Å². The molecular weight excluding hydrogens is 221 g/mol. The van der Waals surface area contributed by atoms with Crippen molar-refractivity contribution in [2.75, 3.05) is 6.66 Å². The second-order valence-electron chi connectivity index (χ2n) is 3.10. The maximum atomic E-state index is 11.5. The van der Waals surface area contributed by atoms with Gasteiger partial charge in [0.2, 0.25) is 5.69 Å². The molecule has 0 radical (unpaired) electrons. The molecule has 0 saturated heterocycles. The molecule has 14 heavy (non-hydrogen) atoms. The summed E-state index contributed by atoms with van der Waals surface area (Å²) in [4.78, 5) is 11.5. The number of benzene rings is 1. The molecule has 0 bridgehead atoms. The van der Waals surface area contributed by atoms with E-state index in [1.807, 2.05) is 30.9 Å². The van der Waals surface area contributed by atoms with E-state index in [9.17, 15) is 4.79 Å². The van der Waals surface area contributed by atoms with Crippen LogP contribution < -0.4 is 8.30 Å². The molecule has 5 heteroatoms. The highest BCUT2D eigenvalue weighted by Crippen LogP contribution is 2.61. The molecule has 2 atom stereocenters. The SMILES string of the molecule is CC(=O)[N+]1(Cl)c2ccccc2OP1C. The molecule has 1 aromatic carbocycles. The number of carbonyl (C=O) groups is 1. The lowest BCUT2D eigenvalue weighted by Crippen LogP contribution is -2.35. The summed E-state index contributed by atoms with van der Waals surface area (Å²) >= 11 is 6.28. The van der Waals surface area contributed by atoms with E-state index in [0.717, 1.165) is 5.69 Å². The molecule has 1 aliphatic heterocycles. The minimum absolute atomic E-state index is 0.106. The third kappa shape index (κ3) is 1.17. The summed E-state index contributed by atoms with van der Waals surface area (Å²) < 4.78 is 5.34. The van der Waals surface area contributed by atoms with Crippen LogP contribution in [0.5, 0.6) is 5.75 Å². The van der Waals surface area contributed by atoms with Gasteiger partial charge < -0.3 is 4.52 Å². The Morgan fingerprint density at radius 3 is 2.79 bits per heavy atom. The smallest absolute Gasteiger partial charge is 0.340 e. The van der Waals surface area contributed by atoms with Gasteiger partial charge in [-0.15, -0.1) is 0 Å². The van der Waals surface area contributed by atoms with Gasteiger partial charge in [0.15, 0.2) is 17.5 Å². The molecule has 2 rings (SSSR count). The number of hydrogen-bond acceptors (Lipinski definition) is 2. The molecule has 3 nitrogen and oxygen atoms in total. The van der Waals surface area contributed by atoms with Crippen LogP contribution in [0.2, 0.25) is 0 Å². The van der Waals surface area contributed by atoms with Gasteiger partial charge in [-0.3, -0.25) is 0 Å². The van der Waals surface area contributed by atoms with E-state index < -0.39 is 8.30 Å². The quantitative estimate of drug-likeness (QED) is 0.506. The molecule has 1 aromatic rings. The van der Waals surface area contributed by atoms with Crippen molar-refractivity contribution in [1.82, 2.24) is 3.77 Å². The number of para-hydroxylation sites is 2. The lowest BCUT2D eigenvalue weighted by atomic mass is 10.3. The van der Waals surface area contributed by atoms with Crippen LogP contribution in [0.4, 0.5) is 5.69 Å². The number of nitrogens with zero attached hydrogens (tertiary/aromatic N) is 1. The summed E-state index contributed by atoms with van der Waals surface area (Å²) in [6.07, 6.45) is 0. The van der Waals surface area contributed by atoms with Crippen LogP contribution in [-0.4, -0.2) is 12.6 Å². The van der Waals surface area contributed by atoms with E-state index in [0.29, 0.717) is 5.75 Å². The average molecular weight is 231 g/mol. The monoisotopic (exact) mass is 230 g/mol. The van der Waals surface area contributed by atoms with Gasteiger partial charge in [-0.05, 0) is 6.07 Å². The van der Waals surface area contributed by atoms with Crippen LogP contribution >= 0.6 is 20.1 Å². The number of carbonyl (C=O) groups excluding carboxylic acids is 1. The summed E-state index contributed by atoms with van der Waals surface area (Å²) in [7, 11) is -1.02. The maximum Gasteiger partial charge on any atom is 0.340 e. The predicted octanol–water partition coefficient (Wildman–Crippen LogP) is 3.03. The highest BCUT2D eigenvalue weighted by Gasteiger charge is 2.52. The number of fused-ring (bicyclic) bond motifs is 1. The molecule has 0 aromatic heterocycles. The average Bonchev–Trinajstić information content (AvgIpc) is 2.41. The summed E-state index contributed by atoms with van der Waals surface area (Å²) in [5.41, 5.74) is 0.746. The Bertz CT molecular complexity index is 398. The minimum Gasteiger partial charge on any atom is -0.418 e. The molecule has 0 saturated carbocycles. The maximum absolute atomic E-state index is 11.5. The topological polar surface area (TPSA) is 26.3 Å². The fourth-order valence-corrected chi connectivity index (χ4v) is 3.15. The van der Waals surface area contributed by atoms with E-state index in [4.69, 9.17) is 16.3 Å². The highest BCUT2D eigenvalue weighted by molar-refractivity contribution is 7.55. The van der Waals surface area contributed by atoms with Crippen LogP contribution in [0.25, 0.3) is 0 Å². The van der Waals surface area contributed by atoms with Crippen LogP contribution in [0.1, 0.15) is 6.92 Å². The standard InChI is InChI=1S/C9H10ClNO2P/c1-7(12)11(10)8-5-3-4-6-9(8)13-14(11)2/h3-6H,1-2H3/q+1. The first-order chi connectivity index (χ1) is 6.56. The molecule has 74 valence electrons. The van der Waals surface area contributed by atoms with Crippen LogP contribution in [0, 0.1) is 0 Å². The zero-order chi connectivity index (χ0) is 10.3. The first-order valence-electron chi connectivity index (χ1n) is 4.18. The first-order valence-corrected chi connectivity index (χ1v) is 6.18. The lowest BCUT2D eigenvalue weighted by Gasteiger charge is -2.19. The number of amides is 1. The molecule has 2 unspecified atom stereocenters. The van der Waals surface area contributed by atoms with E-state index >= 15 is 0 Å². The van der Waals surface area contributed by atoms with Gasteiger partial charge >= 0.3 is 14.2 Å². The Morgan fingerprint density at radius 2 is 2.14 bits per heavy atom. The third-order valence-electron chi connectivity index (χ3n) is 2.22. The number of hydrogen-bond donors (Lipinski definition) is 0. The fraction of sp³-hybridized carbons (Fsp3) is 0.222. The largest absolute Gasteiger partial charge is 0.418 e. The summed E-state index contributed by atoms with van der Waals surface area (Å²) in [6, 6.07) is 7.39. The minimum atomic E-state index is -1.02. The van der Waals surface area contributed by atoms with E-state index in [1.54, 1.807) is 0 Å². The van der Waals surface area contributed by atoms with E-state index in [1.165, 1.54) is 6.92 Å². The van der Waals surface area contributed by atoms with E-state index in [2.05, 4.69) is 0 Å². The number of quaternary nitrogens is 1. The van der Waals surface area contributed by atoms with Gasteiger partial charge in [0.25, 0.3) is 0 Å². The predicted molar refractivity (Wildman–Crippen MR) is 58.2 cm³/mol. The first kappa shape index (κ1) is 9.91. The summed E-state index contributed by atoms with van der Waals surface area (Å²) in [5.74, 6) is 0.608. The second-order valence-corrected chi connectivity index (χ2v) is 5.55. The van der Waals surface area contributed by atoms with Crippen molar-refractivity contribution in [3.8, 4) is 5.75 Å². The molecule has 1 heterocycles. The van der Waals surface area contributed by atoms with Crippen molar-refractivity contribution >= 4 is 31.7 Å². The Balaban J connectivity index is 2.60. The van der Waals surface area contributed by atoms with Crippen molar-refractivity contribution in [1.29, 1.82) is 0 Å². The molecule has 1 amide bonds. The second kappa shape index (κ2) is 3.20. The van der Waals surface area contributed by atoms with Crippen LogP contribution in [-0.2, 0) is 4.79 Å². The summed E-state index contributed by atoms with van der Waals surface area (Å²) in [5, 5.41) is 0. The molecule has 0 fully saturated rings. The van der Waals surface area contributed by atoms with Gasteiger partial charge in [0.05, 0.1) is 13.6 Å². The van der Waals surface area contributed by atoms with Gasteiger partial charge in [-0.2, -0.15) is 0 Å². The lowest BCUT2D eigenvalue weighted by molar-refractivity contribution is -0.120. The van der Waals surface area contributed by atoms with Gasteiger partial charge in [0, 0.05) is 6.07 Å². The molecule has 0 spiro atoms. The van der Waals surface area contributed by atoms with Crippen molar-refractivity contribution in [3.63, 3.8) is 0 Å². The normalized spacial score (nSPS) is 29.5. The molecule has 0 N–H and O–H groups in total. The molecular formula is C9H10ClNO2P+. The van der Waals surface area contributed by atoms with Gasteiger partial charge in [-0.25, -0.2) is 4.79 Å². The zero-order valence-corrected chi connectivity index (χ0v) is 9.55. The Hall–Kier alpha value is -0.630. The summed E-state index contributed by atoms with van der Waals surface area (Å²) in [6.45, 7) is 3.33. The number of rotatable bonds is 0. The van der Waals surface area contributed by atoms with Crippen LogP contribution in [0.3, 0.4) is 0 Å². The van der Waals surface area contributed by atoms with Gasteiger partial charge in [0.1, 0.15) is 0 Å².